The van der Waals surface area contributed by atoms with Gasteiger partial charge in [0, 0.05) is 18.3 Å². The van der Waals surface area contributed by atoms with Gasteiger partial charge in [0.15, 0.2) is 0 Å². The second-order valence-electron chi connectivity index (χ2n) is 3.54. The zero-order valence-corrected chi connectivity index (χ0v) is 8.86. The van der Waals surface area contributed by atoms with Gasteiger partial charge in [-0.3, -0.25) is 0 Å². The first kappa shape index (κ1) is 11.4. The number of aromatic nitrogens is 3. The van der Waals surface area contributed by atoms with Crippen LogP contribution in [0.2, 0.25) is 0 Å². The van der Waals surface area contributed by atoms with Gasteiger partial charge in [0.25, 0.3) is 0 Å². The molecule has 2 aromatic rings. The van der Waals surface area contributed by atoms with E-state index in [4.69, 9.17) is 5.73 Å². The highest BCUT2D eigenvalue weighted by atomic mass is 19.4. The Morgan fingerprint density at radius 2 is 2.00 bits per heavy atom. The van der Waals surface area contributed by atoms with Crippen molar-refractivity contribution in [3.8, 4) is 11.3 Å². The van der Waals surface area contributed by atoms with Crippen molar-refractivity contribution in [2.75, 3.05) is 5.73 Å². The first-order chi connectivity index (χ1) is 7.89. The van der Waals surface area contributed by atoms with Gasteiger partial charge < -0.3 is 5.73 Å². The van der Waals surface area contributed by atoms with E-state index in [1.54, 1.807) is 7.05 Å². The van der Waals surface area contributed by atoms with E-state index in [-0.39, 0.29) is 5.69 Å². The molecule has 1 aromatic carbocycles. The fraction of sp³-hybridized carbons (Fsp3) is 0.200. The summed E-state index contributed by atoms with van der Waals surface area (Å²) in [4.78, 5) is 0. The summed E-state index contributed by atoms with van der Waals surface area (Å²) in [6, 6.07) is 3.21. The molecule has 0 atom stereocenters. The summed E-state index contributed by atoms with van der Waals surface area (Å²) in [6.07, 6.45) is -2.95. The molecule has 0 saturated carbocycles. The van der Waals surface area contributed by atoms with E-state index >= 15 is 0 Å². The zero-order chi connectivity index (χ0) is 12.6. The van der Waals surface area contributed by atoms with Crippen LogP contribution in [0.4, 0.5) is 18.9 Å². The largest absolute Gasteiger partial charge is 0.416 e. The fourth-order valence-corrected chi connectivity index (χ4v) is 1.51. The summed E-state index contributed by atoms with van der Waals surface area (Å²) in [5.74, 6) is 0. The van der Waals surface area contributed by atoms with E-state index in [2.05, 4.69) is 10.3 Å². The summed E-state index contributed by atoms with van der Waals surface area (Å²) in [6.45, 7) is 0. The van der Waals surface area contributed by atoms with Gasteiger partial charge >= 0.3 is 6.18 Å². The Morgan fingerprint density at radius 1 is 1.29 bits per heavy atom. The van der Waals surface area contributed by atoms with Crippen LogP contribution in [-0.2, 0) is 13.2 Å². The number of anilines is 1. The van der Waals surface area contributed by atoms with Crippen LogP contribution in [0.15, 0.2) is 24.4 Å². The molecule has 0 aliphatic rings. The molecule has 1 aromatic heterocycles. The molecule has 4 nitrogen and oxygen atoms in total. The number of nitrogen functional groups attached to an aromatic ring is 1. The van der Waals surface area contributed by atoms with Gasteiger partial charge in [0.05, 0.1) is 17.5 Å². The molecule has 2 N–H and O–H groups in total. The first-order valence-electron chi connectivity index (χ1n) is 4.71. The van der Waals surface area contributed by atoms with E-state index in [0.29, 0.717) is 11.3 Å². The lowest BCUT2D eigenvalue weighted by Crippen LogP contribution is -2.06. The van der Waals surface area contributed by atoms with E-state index < -0.39 is 11.7 Å². The number of alkyl halides is 3. The Balaban J connectivity index is 2.50. The smallest absolute Gasteiger partial charge is 0.398 e. The van der Waals surface area contributed by atoms with E-state index in [9.17, 15) is 13.2 Å². The van der Waals surface area contributed by atoms with Gasteiger partial charge in [0.2, 0.25) is 0 Å². The van der Waals surface area contributed by atoms with Crippen molar-refractivity contribution in [3.05, 3.63) is 30.0 Å². The van der Waals surface area contributed by atoms with Crippen molar-refractivity contribution in [2.45, 2.75) is 6.18 Å². The Hall–Kier alpha value is -2.05. The van der Waals surface area contributed by atoms with Gasteiger partial charge in [-0.1, -0.05) is 11.3 Å². The maximum Gasteiger partial charge on any atom is 0.416 e. The monoisotopic (exact) mass is 242 g/mol. The lowest BCUT2D eigenvalue weighted by Gasteiger charge is -2.10. The third-order valence-corrected chi connectivity index (χ3v) is 2.37. The second-order valence-corrected chi connectivity index (χ2v) is 3.54. The van der Waals surface area contributed by atoms with Crippen LogP contribution < -0.4 is 5.73 Å². The molecule has 0 fully saturated rings. The van der Waals surface area contributed by atoms with Crippen molar-refractivity contribution in [1.82, 2.24) is 15.0 Å². The molecule has 1 heterocycles. The standard InChI is InChI=1S/C10H9F3N4/c1-17-9(5-15-16-17)7-3-2-6(4-8(7)14)10(11,12)13/h2-5H,14H2,1H3. The van der Waals surface area contributed by atoms with Crippen LogP contribution in [-0.4, -0.2) is 15.0 Å². The van der Waals surface area contributed by atoms with Gasteiger partial charge in [-0.2, -0.15) is 13.2 Å². The molecule has 2 rings (SSSR count). The number of hydrogen-bond acceptors (Lipinski definition) is 3. The summed E-state index contributed by atoms with van der Waals surface area (Å²) < 4.78 is 38.8. The average molecular weight is 242 g/mol. The van der Waals surface area contributed by atoms with E-state index in [1.165, 1.54) is 16.9 Å². The predicted molar refractivity (Wildman–Crippen MR) is 55.9 cm³/mol. The number of benzene rings is 1. The molecular formula is C10H9F3N4. The van der Waals surface area contributed by atoms with Crippen LogP contribution in [0.3, 0.4) is 0 Å². The van der Waals surface area contributed by atoms with Gasteiger partial charge in [-0.15, -0.1) is 5.10 Å². The summed E-state index contributed by atoms with van der Waals surface area (Å²) >= 11 is 0. The van der Waals surface area contributed by atoms with Crippen molar-refractivity contribution in [1.29, 1.82) is 0 Å². The van der Waals surface area contributed by atoms with Crippen molar-refractivity contribution in [3.63, 3.8) is 0 Å². The van der Waals surface area contributed by atoms with Crippen LogP contribution in [0.25, 0.3) is 11.3 Å². The number of hydrogen-bond donors (Lipinski definition) is 1. The molecular weight excluding hydrogens is 233 g/mol. The summed E-state index contributed by atoms with van der Waals surface area (Å²) in [5.41, 5.74) is 5.93. The van der Waals surface area contributed by atoms with Crippen LogP contribution in [0.5, 0.6) is 0 Å². The van der Waals surface area contributed by atoms with Crippen LogP contribution in [0, 0.1) is 0 Å². The van der Waals surface area contributed by atoms with E-state index in [0.717, 1.165) is 12.1 Å². The predicted octanol–water partition coefficient (Wildman–Crippen LogP) is 2.08. The fourth-order valence-electron chi connectivity index (χ4n) is 1.51. The third-order valence-electron chi connectivity index (χ3n) is 2.37. The second kappa shape index (κ2) is 3.76. The molecule has 0 radical (unpaired) electrons. The highest BCUT2D eigenvalue weighted by Gasteiger charge is 2.31. The minimum absolute atomic E-state index is 0.0465. The lowest BCUT2D eigenvalue weighted by molar-refractivity contribution is -0.137. The molecule has 0 aliphatic heterocycles. The first-order valence-corrected chi connectivity index (χ1v) is 4.71. The highest BCUT2D eigenvalue weighted by molar-refractivity contribution is 5.74. The Kier molecular flexibility index (Phi) is 2.53. The van der Waals surface area contributed by atoms with Crippen molar-refractivity contribution in [2.24, 2.45) is 7.05 Å². The molecule has 7 heteroatoms. The van der Waals surface area contributed by atoms with Crippen molar-refractivity contribution < 1.29 is 13.2 Å². The number of nitrogens with zero attached hydrogens (tertiary/aromatic N) is 3. The zero-order valence-electron chi connectivity index (χ0n) is 8.86. The Labute approximate surface area is 94.9 Å². The number of nitrogens with two attached hydrogens (primary N) is 1. The number of aryl methyl sites for hydroxylation is 1. The molecule has 17 heavy (non-hydrogen) atoms. The van der Waals surface area contributed by atoms with Crippen LogP contribution >= 0.6 is 0 Å². The lowest BCUT2D eigenvalue weighted by atomic mass is 10.1. The Morgan fingerprint density at radius 3 is 2.47 bits per heavy atom. The molecule has 0 saturated heterocycles. The molecule has 90 valence electrons. The quantitative estimate of drug-likeness (QED) is 0.779. The molecule has 0 amide bonds. The number of rotatable bonds is 1. The van der Waals surface area contributed by atoms with Gasteiger partial charge in [-0.05, 0) is 12.1 Å². The van der Waals surface area contributed by atoms with Crippen LogP contribution in [0.1, 0.15) is 5.56 Å². The minimum Gasteiger partial charge on any atom is -0.398 e. The summed E-state index contributed by atoms with van der Waals surface area (Å²) in [5, 5.41) is 7.34. The third kappa shape index (κ3) is 2.08. The summed E-state index contributed by atoms with van der Waals surface area (Å²) in [7, 11) is 1.64. The highest BCUT2D eigenvalue weighted by Crippen LogP contribution is 2.34. The van der Waals surface area contributed by atoms with E-state index in [1.807, 2.05) is 0 Å². The maximum absolute atomic E-state index is 12.4. The number of halogens is 3. The molecule has 0 unspecified atom stereocenters. The SMILES string of the molecule is Cn1nncc1-c1ccc(C(F)(F)F)cc1N. The molecule has 0 bridgehead atoms. The molecule has 0 aliphatic carbocycles. The normalized spacial score (nSPS) is 11.8. The molecule has 0 spiro atoms. The van der Waals surface area contributed by atoms with Gasteiger partial charge in [-0.25, -0.2) is 4.68 Å². The Bertz CT molecular complexity index is 545. The maximum atomic E-state index is 12.4. The van der Waals surface area contributed by atoms with Gasteiger partial charge in [0.1, 0.15) is 0 Å². The van der Waals surface area contributed by atoms with Crippen molar-refractivity contribution >= 4 is 5.69 Å². The minimum atomic E-state index is -4.39. The topological polar surface area (TPSA) is 56.7 Å². The average Bonchev–Trinajstić information content (AvgIpc) is 2.63.